The Labute approximate surface area is 126 Å². The summed E-state index contributed by atoms with van der Waals surface area (Å²) in [6.45, 7) is 0.561. The number of pyridine rings is 1. The third-order valence-electron chi connectivity index (χ3n) is 3.45. The lowest BCUT2D eigenvalue weighted by molar-refractivity contribution is 0.270. The maximum absolute atomic E-state index is 12.5. The second kappa shape index (κ2) is 5.75. The summed E-state index contributed by atoms with van der Waals surface area (Å²) < 4.78 is 1.64. The second-order valence-corrected chi connectivity index (χ2v) is 6.05. The first-order chi connectivity index (χ1) is 10.2. The highest BCUT2D eigenvalue weighted by molar-refractivity contribution is 7.10. The molecule has 0 bridgehead atoms. The Hall–Kier alpha value is -2.05. The summed E-state index contributed by atoms with van der Waals surface area (Å²) in [5.41, 5.74) is 0.962. The van der Waals surface area contributed by atoms with E-state index in [-0.39, 0.29) is 11.6 Å². The highest BCUT2D eigenvalue weighted by atomic mass is 32.1. The number of aromatic nitrogens is 3. The van der Waals surface area contributed by atoms with Crippen molar-refractivity contribution in [2.45, 2.75) is 12.6 Å². The zero-order valence-electron chi connectivity index (χ0n) is 11.9. The third kappa shape index (κ3) is 2.72. The van der Waals surface area contributed by atoms with Crippen molar-refractivity contribution in [2.75, 3.05) is 14.1 Å². The summed E-state index contributed by atoms with van der Waals surface area (Å²) >= 11 is 1.70. The molecule has 0 N–H and O–H groups in total. The molecule has 0 aliphatic carbocycles. The van der Waals surface area contributed by atoms with Crippen LogP contribution in [-0.2, 0) is 6.54 Å². The highest BCUT2D eigenvalue weighted by Gasteiger charge is 2.17. The molecule has 108 valence electrons. The number of likely N-dealkylation sites (N-methyl/N-ethyl adjacent to an activating group) is 1. The van der Waals surface area contributed by atoms with E-state index in [0.29, 0.717) is 17.6 Å². The normalized spacial score (nSPS) is 12.9. The maximum Gasteiger partial charge on any atom is 0.279 e. The predicted molar refractivity (Wildman–Crippen MR) is 84.5 cm³/mol. The van der Waals surface area contributed by atoms with Crippen molar-refractivity contribution in [3.63, 3.8) is 0 Å². The fourth-order valence-corrected chi connectivity index (χ4v) is 3.20. The van der Waals surface area contributed by atoms with Gasteiger partial charge in [0.15, 0.2) is 5.52 Å². The van der Waals surface area contributed by atoms with Crippen LogP contribution in [0.3, 0.4) is 0 Å². The average Bonchev–Trinajstić information content (AvgIpc) is 3.00. The fraction of sp³-hybridized carbons (Fsp3) is 0.267. The number of hydrogen-bond acceptors (Lipinski definition) is 5. The Balaban J connectivity index is 2.01. The van der Waals surface area contributed by atoms with Gasteiger partial charge in [0.25, 0.3) is 5.56 Å². The Morgan fingerprint density at radius 3 is 2.86 bits per heavy atom. The van der Waals surface area contributed by atoms with E-state index < -0.39 is 0 Å². The molecule has 0 saturated carbocycles. The molecule has 3 aromatic rings. The highest BCUT2D eigenvalue weighted by Crippen LogP contribution is 2.24. The molecule has 0 unspecified atom stereocenters. The third-order valence-corrected chi connectivity index (χ3v) is 4.42. The van der Waals surface area contributed by atoms with Gasteiger partial charge in [0.1, 0.15) is 0 Å². The van der Waals surface area contributed by atoms with Crippen molar-refractivity contribution in [1.29, 1.82) is 0 Å². The van der Waals surface area contributed by atoms with Crippen molar-refractivity contribution < 1.29 is 0 Å². The van der Waals surface area contributed by atoms with E-state index in [9.17, 15) is 4.79 Å². The van der Waals surface area contributed by atoms with Crippen LogP contribution in [0.5, 0.6) is 0 Å². The summed E-state index contributed by atoms with van der Waals surface area (Å²) in [5.74, 6) is 0. The van der Waals surface area contributed by atoms with Crippen LogP contribution in [0, 0.1) is 0 Å². The molecule has 21 heavy (non-hydrogen) atoms. The van der Waals surface area contributed by atoms with Gasteiger partial charge >= 0.3 is 0 Å². The molecular weight excluding hydrogens is 284 g/mol. The van der Waals surface area contributed by atoms with Gasteiger partial charge in [-0.05, 0) is 37.7 Å². The molecule has 0 aliphatic heterocycles. The van der Waals surface area contributed by atoms with Crippen LogP contribution in [-0.4, -0.2) is 33.5 Å². The van der Waals surface area contributed by atoms with Gasteiger partial charge in [-0.15, -0.1) is 11.3 Å². The Bertz CT molecular complexity index is 795. The van der Waals surface area contributed by atoms with E-state index in [1.807, 2.05) is 20.2 Å². The molecule has 3 aromatic heterocycles. The first-order valence-electron chi connectivity index (χ1n) is 6.67. The van der Waals surface area contributed by atoms with E-state index in [4.69, 9.17) is 0 Å². The molecule has 0 saturated heterocycles. The molecule has 3 heterocycles. The number of rotatable bonds is 4. The summed E-state index contributed by atoms with van der Waals surface area (Å²) in [6, 6.07) is 7.85. The second-order valence-electron chi connectivity index (χ2n) is 5.07. The fourth-order valence-electron chi connectivity index (χ4n) is 2.29. The summed E-state index contributed by atoms with van der Waals surface area (Å²) in [5, 5.41) is 2.05. The molecule has 6 heteroatoms. The van der Waals surface area contributed by atoms with Crippen LogP contribution in [0.4, 0.5) is 0 Å². The van der Waals surface area contributed by atoms with Crippen molar-refractivity contribution in [2.24, 2.45) is 0 Å². The lowest BCUT2D eigenvalue weighted by atomic mass is 10.2. The van der Waals surface area contributed by atoms with Crippen LogP contribution in [0.25, 0.3) is 11.0 Å². The van der Waals surface area contributed by atoms with E-state index in [2.05, 4.69) is 26.3 Å². The van der Waals surface area contributed by atoms with Crippen molar-refractivity contribution in [1.82, 2.24) is 19.4 Å². The van der Waals surface area contributed by atoms with Gasteiger partial charge < -0.3 is 4.90 Å². The standard InChI is InChI=1S/C15H16N4OS/c1-18(2)12(13-6-4-8-21-13)9-19-10-17-11-5-3-7-16-14(11)15(19)20/h3-8,10,12H,9H2,1-2H3/t12-/m0/s1. The van der Waals surface area contributed by atoms with Gasteiger partial charge in [0.2, 0.25) is 0 Å². The van der Waals surface area contributed by atoms with Gasteiger partial charge in [-0.3, -0.25) is 9.36 Å². The molecule has 0 spiro atoms. The van der Waals surface area contributed by atoms with Crippen LogP contribution >= 0.6 is 11.3 Å². The van der Waals surface area contributed by atoms with E-state index in [1.54, 1.807) is 40.6 Å². The number of fused-ring (bicyclic) bond motifs is 1. The monoisotopic (exact) mass is 300 g/mol. The van der Waals surface area contributed by atoms with Gasteiger partial charge in [0, 0.05) is 17.6 Å². The average molecular weight is 300 g/mol. The predicted octanol–water partition coefficient (Wildman–Crippen LogP) is 2.16. The summed E-state index contributed by atoms with van der Waals surface area (Å²) in [6.07, 6.45) is 3.23. The zero-order valence-corrected chi connectivity index (χ0v) is 12.7. The molecule has 0 radical (unpaired) electrons. The van der Waals surface area contributed by atoms with Gasteiger partial charge in [-0.2, -0.15) is 0 Å². The molecule has 0 fully saturated rings. The largest absolute Gasteiger partial charge is 0.300 e. The molecule has 0 aromatic carbocycles. The van der Waals surface area contributed by atoms with Crippen molar-refractivity contribution in [3.8, 4) is 0 Å². The summed E-state index contributed by atoms with van der Waals surface area (Å²) in [7, 11) is 4.03. The minimum atomic E-state index is -0.0935. The Kier molecular flexibility index (Phi) is 3.81. The topological polar surface area (TPSA) is 51.0 Å². The molecule has 3 rings (SSSR count). The molecular formula is C15H16N4OS. The van der Waals surface area contributed by atoms with E-state index >= 15 is 0 Å². The minimum Gasteiger partial charge on any atom is -0.300 e. The van der Waals surface area contributed by atoms with E-state index in [0.717, 1.165) is 0 Å². The lowest BCUT2D eigenvalue weighted by Crippen LogP contribution is -2.30. The van der Waals surface area contributed by atoms with Gasteiger partial charge in [-0.25, -0.2) is 9.97 Å². The van der Waals surface area contributed by atoms with Crippen LogP contribution in [0.15, 0.2) is 47.0 Å². The minimum absolute atomic E-state index is 0.0935. The van der Waals surface area contributed by atoms with Crippen molar-refractivity contribution in [3.05, 3.63) is 57.4 Å². The Morgan fingerprint density at radius 1 is 1.29 bits per heavy atom. The molecule has 1 atom stereocenters. The number of thiophene rings is 1. The quantitative estimate of drug-likeness (QED) is 0.741. The van der Waals surface area contributed by atoms with Gasteiger partial charge in [0.05, 0.1) is 17.9 Å². The smallest absolute Gasteiger partial charge is 0.279 e. The number of nitrogens with zero attached hydrogens (tertiary/aromatic N) is 4. The SMILES string of the molecule is CN(C)[C@@H](Cn1cnc2cccnc2c1=O)c1cccs1. The zero-order chi connectivity index (χ0) is 14.8. The molecule has 5 nitrogen and oxygen atoms in total. The molecule has 0 amide bonds. The van der Waals surface area contributed by atoms with Crippen LogP contribution in [0.2, 0.25) is 0 Å². The maximum atomic E-state index is 12.5. The first-order valence-corrected chi connectivity index (χ1v) is 7.55. The lowest BCUT2D eigenvalue weighted by Gasteiger charge is -2.23. The summed E-state index contributed by atoms with van der Waals surface area (Å²) in [4.78, 5) is 24.3. The van der Waals surface area contributed by atoms with Gasteiger partial charge in [-0.1, -0.05) is 6.07 Å². The first kappa shape index (κ1) is 13.9. The van der Waals surface area contributed by atoms with Crippen LogP contribution < -0.4 is 5.56 Å². The molecule has 0 aliphatic rings. The van der Waals surface area contributed by atoms with Crippen LogP contribution in [0.1, 0.15) is 10.9 Å². The van der Waals surface area contributed by atoms with Crippen molar-refractivity contribution >= 4 is 22.4 Å². The van der Waals surface area contributed by atoms with E-state index in [1.165, 1.54) is 4.88 Å². The Morgan fingerprint density at radius 2 is 2.14 bits per heavy atom. The number of hydrogen-bond donors (Lipinski definition) is 0.